The summed E-state index contributed by atoms with van der Waals surface area (Å²) in [4.78, 5) is 97.2. The van der Waals surface area contributed by atoms with Crippen molar-refractivity contribution in [2.45, 2.75) is 126 Å². The monoisotopic (exact) mass is 939 g/mol. The number of aromatic nitrogens is 2. The summed E-state index contributed by atoms with van der Waals surface area (Å²) in [6, 6.07) is 5.00. The van der Waals surface area contributed by atoms with Gasteiger partial charge in [0, 0.05) is 57.9 Å². The Kier molecular flexibility index (Phi) is 14.2. The fourth-order valence-corrected chi connectivity index (χ4v) is 11.9. The number of nitrogens with two attached hydrogens (primary N) is 2. The van der Waals surface area contributed by atoms with E-state index in [2.05, 4.69) is 37.8 Å². The Bertz CT molecular complexity index is 2150. The Morgan fingerprint density at radius 1 is 0.738 bits per heavy atom. The third-order valence-corrected chi connectivity index (χ3v) is 15.6. The molecule has 8 atom stereocenters. The summed E-state index contributed by atoms with van der Waals surface area (Å²) >= 11 is 2.43. The highest BCUT2D eigenvalue weighted by Gasteiger charge is 2.57. The Balaban J connectivity index is 1.41. The molecule has 3 saturated heterocycles. The molecule has 6 N–H and O–H groups in total. The molecule has 6 rings (SSSR count). The van der Waals surface area contributed by atoms with Crippen molar-refractivity contribution < 1.29 is 48.5 Å². The number of hydrogen-bond donors (Lipinski definition) is 4. The van der Waals surface area contributed by atoms with Gasteiger partial charge >= 0.3 is 12.2 Å². The summed E-state index contributed by atoms with van der Waals surface area (Å²) < 4.78 is 10.9. The highest BCUT2D eigenvalue weighted by Crippen LogP contribution is 2.50. The van der Waals surface area contributed by atoms with Gasteiger partial charge in [-0.2, -0.15) is 0 Å². The van der Waals surface area contributed by atoms with Gasteiger partial charge in [-0.15, -0.1) is 22.7 Å². The minimum absolute atomic E-state index is 0.129. The zero-order valence-corrected chi connectivity index (χ0v) is 40.0. The molecule has 3 aliphatic rings. The van der Waals surface area contributed by atoms with E-state index in [4.69, 9.17) is 30.9 Å². The molecule has 3 fully saturated rings. The van der Waals surface area contributed by atoms with Crippen LogP contribution in [0.3, 0.4) is 0 Å². The van der Waals surface area contributed by atoms with E-state index in [0.29, 0.717) is 47.1 Å². The third-order valence-electron chi connectivity index (χ3n) is 13.5. The van der Waals surface area contributed by atoms with E-state index in [1.165, 1.54) is 60.8 Å². The summed E-state index contributed by atoms with van der Waals surface area (Å²) in [6.45, 7) is 9.87. The molecule has 3 aromatic rings. The number of amides is 6. The number of carbonyl (C=O) groups excluding carboxylic acids is 4. The lowest BCUT2D eigenvalue weighted by molar-refractivity contribution is -0.151. The fraction of sp³-hybridized carbons (Fsp3) is 0.591. The van der Waals surface area contributed by atoms with Gasteiger partial charge in [0.2, 0.25) is 11.8 Å². The summed E-state index contributed by atoms with van der Waals surface area (Å²) in [5, 5.41) is 24.1. The molecular weight excluding hydrogens is 879 g/mol. The molecule has 0 saturated carbocycles. The van der Waals surface area contributed by atoms with Crippen molar-refractivity contribution in [3.63, 3.8) is 0 Å². The Hall–Kier alpha value is -5.38. The van der Waals surface area contributed by atoms with Crippen molar-refractivity contribution in [1.29, 1.82) is 0 Å². The van der Waals surface area contributed by atoms with Crippen LogP contribution in [-0.4, -0.2) is 141 Å². The molecule has 354 valence electrons. The number of carboxylic acid groups (broad SMARTS) is 2. The Morgan fingerprint density at radius 3 is 1.45 bits per heavy atom. The van der Waals surface area contributed by atoms with Crippen LogP contribution in [0.15, 0.2) is 35.0 Å². The number of likely N-dealkylation sites (tertiary alicyclic amines) is 2. The molecule has 3 aliphatic heterocycles. The number of nitrogens with zero attached hydrogens (tertiary/aromatic N) is 7. The van der Waals surface area contributed by atoms with Crippen molar-refractivity contribution in [2.75, 3.05) is 46.3 Å². The van der Waals surface area contributed by atoms with E-state index in [1.807, 2.05) is 22.9 Å². The number of rotatable bonds is 15. The number of benzene rings is 1. The third kappa shape index (κ3) is 8.62. The normalized spacial score (nSPS) is 24.1. The molecule has 65 heavy (non-hydrogen) atoms. The molecule has 6 amide bonds. The molecule has 0 unspecified atom stereocenters. The van der Waals surface area contributed by atoms with Gasteiger partial charge in [0.15, 0.2) is 11.1 Å². The van der Waals surface area contributed by atoms with Gasteiger partial charge in [-0.05, 0) is 75.5 Å². The van der Waals surface area contributed by atoms with Crippen molar-refractivity contribution in [3.05, 3.63) is 62.0 Å². The predicted molar refractivity (Wildman–Crippen MR) is 242 cm³/mol. The lowest BCUT2D eigenvalue weighted by Crippen LogP contribution is -2.61. The smallest absolute Gasteiger partial charge is 0.407 e. The number of likely N-dealkylation sites (N-methyl/N-ethyl adjacent to an activating group) is 2. The second kappa shape index (κ2) is 18.8. The maximum absolute atomic E-state index is 14.4. The molecule has 1 aromatic carbocycles. The fourth-order valence-electron chi connectivity index (χ4n) is 9.72. The molecule has 21 heteroatoms. The quantitative estimate of drug-likeness (QED) is 0.163. The molecule has 2 aromatic heterocycles. The first-order valence-electron chi connectivity index (χ1n) is 21.6. The molecule has 0 bridgehead atoms. The maximum Gasteiger partial charge on any atom is 0.407 e. The summed E-state index contributed by atoms with van der Waals surface area (Å²) in [5.74, 6) is -2.79. The predicted octanol–water partition coefficient (Wildman–Crippen LogP) is 4.61. The van der Waals surface area contributed by atoms with Gasteiger partial charge in [-0.25, -0.2) is 19.6 Å². The zero-order chi connectivity index (χ0) is 47.9. The minimum atomic E-state index is -1.64. The summed E-state index contributed by atoms with van der Waals surface area (Å²) in [6.07, 6.45) is -1.93. The van der Waals surface area contributed by atoms with Crippen LogP contribution < -0.4 is 16.4 Å². The number of methoxy groups -OCH3 is 2. The molecule has 0 radical (unpaired) electrons. The largest absolute Gasteiger partial charge is 0.465 e. The molecule has 0 spiro atoms. The van der Waals surface area contributed by atoms with E-state index >= 15 is 0 Å². The number of ether oxygens (including phenoxy) is 2. The van der Waals surface area contributed by atoms with Crippen LogP contribution >= 0.6 is 22.7 Å². The van der Waals surface area contributed by atoms with Gasteiger partial charge in [-0.1, -0.05) is 32.9 Å². The van der Waals surface area contributed by atoms with E-state index in [0.717, 1.165) is 21.1 Å². The van der Waals surface area contributed by atoms with E-state index in [-0.39, 0.29) is 43.4 Å². The topological polar surface area (TPSA) is 255 Å². The number of hydrogen-bond acceptors (Lipinski definition) is 13. The van der Waals surface area contributed by atoms with Crippen LogP contribution in [0, 0.1) is 0 Å². The van der Waals surface area contributed by atoms with Crippen LogP contribution in [-0.2, 0) is 45.1 Å². The van der Waals surface area contributed by atoms with Gasteiger partial charge in [-0.3, -0.25) is 29.0 Å². The summed E-state index contributed by atoms with van der Waals surface area (Å²) in [7, 11) is 5.33. The number of anilines is 1. The van der Waals surface area contributed by atoms with Gasteiger partial charge in [0.1, 0.15) is 22.1 Å². The number of thiazole rings is 2. The number of carbonyl (C=O) groups is 6. The van der Waals surface area contributed by atoms with Gasteiger partial charge in [0.05, 0.1) is 35.7 Å². The minimum Gasteiger partial charge on any atom is -0.465 e. The van der Waals surface area contributed by atoms with E-state index in [9.17, 15) is 39.0 Å². The molecule has 5 heterocycles. The highest BCUT2D eigenvalue weighted by molar-refractivity contribution is 7.10. The molecule has 19 nitrogen and oxygen atoms in total. The number of primary amides is 2. The van der Waals surface area contributed by atoms with Crippen LogP contribution in [0.25, 0.3) is 0 Å². The highest BCUT2D eigenvalue weighted by atomic mass is 32.1. The van der Waals surface area contributed by atoms with Crippen LogP contribution in [0.4, 0.5) is 15.3 Å². The first kappa shape index (κ1) is 49.1. The maximum atomic E-state index is 14.4. The average Bonchev–Trinajstić information content (AvgIpc) is 4.11. The Morgan fingerprint density at radius 2 is 1.12 bits per heavy atom. The molecular formula is C44H61N9O10S2. The van der Waals surface area contributed by atoms with Crippen molar-refractivity contribution in [2.24, 2.45) is 11.5 Å². The van der Waals surface area contributed by atoms with Crippen molar-refractivity contribution in [1.82, 2.24) is 29.6 Å². The summed E-state index contributed by atoms with van der Waals surface area (Å²) in [5.41, 5.74) is 12.3. The standard InChI is InChI=1S/C44H61N9O10S2/c1-24(62-8)32(49(6)40(58)59)34(54)51-20-10-18-43(51,36(45)56)38-47-28(22-64-38)30-16-17-31(53(30)27-14-12-26(13-15-27)42(3,4)5)29-23-65-39(48-29)44(37(46)57)19-11-21-52(44)35(55)33(25(2)63-9)50(7)41(60)61/h12-15,22-25,30-33H,10-11,16-21H2,1-9H3,(H2,45,56)(H2,46,57)(H,58,59)(H,60,61)/t24-,25-,30-,31-,32+,33+,43+,44+/m1/s1. The van der Waals surface area contributed by atoms with Gasteiger partial charge in [0.25, 0.3) is 11.8 Å². The van der Waals surface area contributed by atoms with Crippen molar-refractivity contribution in [3.8, 4) is 0 Å². The van der Waals surface area contributed by atoms with Gasteiger partial charge < -0.3 is 45.9 Å². The van der Waals surface area contributed by atoms with Crippen LogP contribution in [0.1, 0.15) is 112 Å². The van der Waals surface area contributed by atoms with Crippen molar-refractivity contribution >= 4 is 64.2 Å². The SMILES string of the molecule is CO[C@H](C)[C@@H](C(=O)N1CCC[C@]1(C(N)=O)c1nc([C@H]2CC[C@H](c3csc([C@@]4(C(N)=O)CCCN4C(=O)[C@H]([C@@H](C)OC)N(C)C(=O)O)n3)N2c2ccc(C(C)(C)C)cc2)cs1)N(C)C(=O)O. The second-order valence-electron chi connectivity index (χ2n) is 18.2. The molecule has 0 aliphatic carbocycles. The van der Waals surface area contributed by atoms with Crippen LogP contribution in [0.2, 0.25) is 0 Å². The first-order chi connectivity index (χ1) is 30.6. The first-order valence-corrected chi connectivity index (χ1v) is 23.3. The average molecular weight is 940 g/mol. The van der Waals surface area contributed by atoms with E-state index < -0.39 is 71.2 Å². The van der Waals surface area contributed by atoms with Crippen LogP contribution in [0.5, 0.6) is 0 Å². The lowest BCUT2D eigenvalue weighted by atomic mass is 9.87. The Labute approximate surface area is 386 Å². The zero-order valence-electron chi connectivity index (χ0n) is 38.3. The van der Waals surface area contributed by atoms with E-state index in [1.54, 1.807) is 13.8 Å². The lowest BCUT2D eigenvalue weighted by Gasteiger charge is -2.39. The second-order valence-corrected chi connectivity index (χ2v) is 19.9.